The number of hydrogen-bond donors (Lipinski definition) is 0. The molecule has 2 rings (SSSR count). The van der Waals surface area contributed by atoms with Gasteiger partial charge in [0.15, 0.2) is 5.78 Å². The van der Waals surface area contributed by atoms with Crippen molar-refractivity contribution in [1.29, 1.82) is 0 Å². The maximum absolute atomic E-state index is 13.7. The molecule has 0 amide bonds. The fraction of sp³-hybridized carbons (Fsp3) is 0.609. The third-order valence-corrected chi connectivity index (χ3v) is 5.73. The van der Waals surface area contributed by atoms with Gasteiger partial charge in [-0.25, -0.2) is 0 Å². The molecule has 1 aliphatic heterocycles. The molecule has 0 radical (unpaired) electrons. The number of benzene rings is 1. The molecule has 0 aliphatic carbocycles. The zero-order chi connectivity index (χ0) is 21.1. The Morgan fingerprint density at radius 3 is 2.24 bits per heavy atom. The van der Waals surface area contributed by atoms with E-state index in [0.29, 0.717) is 39.1 Å². The highest BCUT2D eigenvalue weighted by Gasteiger charge is 2.41. The fourth-order valence-corrected chi connectivity index (χ4v) is 3.99. The van der Waals surface area contributed by atoms with Gasteiger partial charge in [-0.15, -0.1) is 6.58 Å². The van der Waals surface area contributed by atoms with Gasteiger partial charge in [-0.2, -0.15) is 0 Å². The number of carbonyl (C=O) groups is 1. The molecule has 29 heavy (non-hydrogen) atoms. The van der Waals surface area contributed by atoms with Crippen LogP contribution in [0.25, 0.3) is 0 Å². The summed E-state index contributed by atoms with van der Waals surface area (Å²) in [6.07, 6.45) is 3.12. The van der Waals surface area contributed by atoms with Gasteiger partial charge in [0.25, 0.3) is 0 Å². The number of hydrogen-bond acceptors (Lipinski definition) is 6. The number of anilines is 1. The largest absolute Gasteiger partial charge is 0.383 e. The van der Waals surface area contributed by atoms with Crippen molar-refractivity contribution in [2.75, 3.05) is 71.7 Å². The van der Waals surface area contributed by atoms with Gasteiger partial charge in [0, 0.05) is 51.6 Å². The van der Waals surface area contributed by atoms with Gasteiger partial charge < -0.3 is 19.1 Å². The van der Waals surface area contributed by atoms with Crippen LogP contribution in [0, 0.1) is 0 Å². The first kappa shape index (κ1) is 23.5. The minimum atomic E-state index is -0.653. The highest BCUT2D eigenvalue weighted by molar-refractivity contribution is 6.03. The van der Waals surface area contributed by atoms with E-state index in [-0.39, 0.29) is 5.78 Å². The number of ketones is 1. The summed E-state index contributed by atoms with van der Waals surface area (Å²) in [5.74, 6) is 0.126. The SMILES string of the molecule is C=CCC(CC)(C(=O)c1ccc(N2CCOCC2)cc1)N(CCOC)CCOC. The van der Waals surface area contributed by atoms with Crippen LogP contribution in [0.5, 0.6) is 0 Å². The van der Waals surface area contributed by atoms with E-state index >= 15 is 0 Å². The van der Waals surface area contributed by atoms with E-state index in [1.54, 1.807) is 14.2 Å². The number of carbonyl (C=O) groups excluding carboxylic acids is 1. The molecule has 1 atom stereocenters. The van der Waals surface area contributed by atoms with Crippen molar-refractivity contribution in [3.8, 4) is 0 Å². The Labute approximate surface area is 175 Å². The van der Waals surface area contributed by atoms with Gasteiger partial charge in [-0.3, -0.25) is 9.69 Å². The third-order valence-electron chi connectivity index (χ3n) is 5.73. The van der Waals surface area contributed by atoms with Crippen LogP contribution < -0.4 is 4.90 Å². The standard InChI is InChI=1S/C23H36N2O4/c1-5-11-23(6-2,25(14-16-27-3)15-17-28-4)22(26)20-7-9-21(10-8-20)24-12-18-29-19-13-24/h5,7-10H,1,6,11-19H2,2-4H3. The van der Waals surface area contributed by atoms with Crippen molar-refractivity contribution < 1.29 is 19.0 Å². The van der Waals surface area contributed by atoms with E-state index in [0.717, 1.165) is 37.6 Å². The molecule has 1 aromatic carbocycles. The Morgan fingerprint density at radius 2 is 1.76 bits per heavy atom. The van der Waals surface area contributed by atoms with Gasteiger partial charge in [0.1, 0.15) is 0 Å². The van der Waals surface area contributed by atoms with Gasteiger partial charge >= 0.3 is 0 Å². The lowest BCUT2D eigenvalue weighted by molar-refractivity contribution is 0.0285. The Morgan fingerprint density at radius 1 is 1.17 bits per heavy atom. The second-order valence-corrected chi connectivity index (χ2v) is 7.33. The number of morpholine rings is 1. The minimum absolute atomic E-state index is 0.126. The van der Waals surface area contributed by atoms with E-state index in [2.05, 4.69) is 23.3 Å². The van der Waals surface area contributed by atoms with Crippen LogP contribution in [0.2, 0.25) is 0 Å². The summed E-state index contributed by atoms with van der Waals surface area (Å²) < 4.78 is 16.0. The summed E-state index contributed by atoms with van der Waals surface area (Å²) in [5, 5.41) is 0. The zero-order valence-corrected chi connectivity index (χ0v) is 18.2. The summed E-state index contributed by atoms with van der Waals surface area (Å²) >= 11 is 0. The molecule has 162 valence electrons. The van der Waals surface area contributed by atoms with Crippen LogP contribution in [-0.4, -0.2) is 83.0 Å². The molecule has 1 aromatic rings. The Hall–Kier alpha value is -1.73. The van der Waals surface area contributed by atoms with Gasteiger partial charge in [0.05, 0.1) is 32.0 Å². The van der Waals surface area contributed by atoms with Crippen molar-refractivity contribution in [1.82, 2.24) is 4.90 Å². The average molecular weight is 405 g/mol. The molecule has 1 saturated heterocycles. The van der Waals surface area contributed by atoms with Crippen molar-refractivity contribution in [3.63, 3.8) is 0 Å². The number of Topliss-reactive ketones (excluding diaryl/α,β-unsaturated/α-hetero) is 1. The van der Waals surface area contributed by atoms with Crippen molar-refractivity contribution in [3.05, 3.63) is 42.5 Å². The van der Waals surface area contributed by atoms with Crippen LogP contribution in [0.15, 0.2) is 36.9 Å². The first-order valence-corrected chi connectivity index (χ1v) is 10.4. The van der Waals surface area contributed by atoms with E-state index in [1.807, 2.05) is 30.3 Å². The maximum Gasteiger partial charge on any atom is 0.183 e. The van der Waals surface area contributed by atoms with E-state index in [4.69, 9.17) is 14.2 Å². The van der Waals surface area contributed by atoms with Crippen LogP contribution in [-0.2, 0) is 14.2 Å². The molecule has 0 saturated carbocycles. The maximum atomic E-state index is 13.7. The quantitative estimate of drug-likeness (QED) is 0.372. The molecule has 1 aliphatic rings. The molecule has 1 unspecified atom stereocenters. The highest BCUT2D eigenvalue weighted by atomic mass is 16.5. The Kier molecular flexibility index (Phi) is 9.81. The second kappa shape index (κ2) is 12.1. The van der Waals surface area contributed by atoms with Crippen molar-refractivity contribution in [2.45, 2.75) is 25.3 Å². The van der Waals surface area contributed by atoms with Crippen LogP contribution in [0.3, 0.4) is 0 Å². The van der Waals surface area contributed by atoms with E-state index in [1.165, 1.54) is 0 Å². The molecule has 0 N–H and O–H groups in total. The molecule has 6 heteroatoms. The number of rotatable bonds is 13. The summed E-state index contributed by atoms with van der Waals surface area (Å²) in [4.78, 5) is 18.2. The highest BCUT2D eigenvalue weighted by Crippen LogP contribution is 2.30. The Bertz CT molecular complexity index is 620. The van der Waals surface area contributed by atoms with Crippen molar-refractivity contribution in [2.24, 2.45) is 0 Å². The third kappa shape index (κ3) is 5.89. The molecular weight excluding hydrogens is 368 g/mol. The molecule has 0 spiro atoms. The topological polar surface area (TPSA) is 51.2 Å². The first-order chi connectivity index (χ1) is 14.1. The normalized spacial score (nSPS) is 16.6. The molecule has 1 fully saturated rings. The van der Waals surface area contributed by atoms with Crippen LogP contribution in [0.1, 0.15) is 30.1 Å². The predicted molar refractivity (Wildman–Crippen MR) is 117 cm³/mol. The van der Waals surface area contributed by atoms with Gasteiger partial charge in [-0.1, -0.05) is 13.0 Å². The molecule has 1 heterocycles. The summed E-state index contributed by atoms with van der Waals surface area (Å²) in [6.45, 7) is 11.7. The van der Waals surface area contributed by atoms with Gasteiger partial charge in [0.2, 0.25) is 0 Å². The Balaban J connectivity index is 2.28. The second-order valence-electron chi connectivity index (χ2n) is 7.33. The van der Waals surface area contributed by atoms with Gasteiger partial charge in [-0.05, 0) is 37.1 Å². The van der Waals surface area contributed by atoms with Crippen molar-refractivity contribution >= 4 is 11.5 Å². The zero-order valence-electron chi connectivity index (χ0n) is 18.2. The smallest absolute Gasteiger partial charge is 0.183 e. The number of nitrogens with zero attached hydrogens (tertiary/aromatic N) is 2. The minimum Gasteiger partial charge on any atom is -0.383 e. The summed E-state index contributed by atoms with van der Waals surface area (Å²) in [5.41, 5.74) is 1.20. The lowest BCUT2D eigenvalue weighted by atomic mass is 9.81. The summed E-state index contributed by atoms with van der Waals surface area (Å²) in [7, 11) is 3.36. The first-order valence-electron chi connectivity index (χ1n) is 10.4. The van der Waals surface area contributed by atoms with E-state index < -0.39 is 5.54 Å². The van der Waals surface area contributed by atoms with E-state index in [9.17, 15) is 4.79 Å². The molecule has 0 aromatic heterocycles. The number of methoxy groups -OCH3 is 2. The lowest BCUT2D eigenvalue weighted by Crippen LogP contribution is -2.56. The average Bonchev–Trinajstić information content (AvgIpc) is 2.78. The number of ether oxygens (including phenoxy) is 3. The van der Waals surface area contributed by atoms with Crippen LogP contribution in [0.4, 0.5) is 5.69 Å². The lowest BCUT2D eigenvalue weighted by Gasteiger charge is -2.42. The molecule has 0 bridgehead atoms. The predicted octanol–water partition coefficient (Wildman–Crippen LogP) is 3.03. The fourth-order valence-electron chi connectivity index (χ4n) is 3.99. The monoisotopic (exact) mass is 404 g/mol. The van der Waals surface area contributed by atoms with Crippen LogP contribution >= 0.6 is 0 Å². The summed E-state index contributed by atoms with van der Waals surface area (Å²) in [6, 6.07) is 7.99. The molecular formula is C23H36N2O4. The molecule has 6 nitrogen and oxygen atoms in total.